The maximum Gasteiger partial charge on any atom is 0.191 e. The van der Waals surface area contributed by atoms with E-state index >= 15 is 0 Å². The first-order valence-corrected chi connectivity index (χ1v) is 7.88. The predicted molar refractivity (Wildman–Crippen MR) is 107 cm³/mol. The summed E-state index contributed by atoms with van der Waals surface area (Å²) in [6, 6.07) is 7.34. The molecule has 0 atom stereocenters. The standard InChI is InChI=1S/C15H19Cl2N5.HI/c1-2-18-15(19-7-9-22-8-3-6-21-22)20-11-12-4-5-13(16)10-14(12)17;/h3-6,8,10H,2,7,9,11H2,1H3,(H2,18,19,20);1H. The Morgan fingerprint density at radius 1 is 1.30 bits per heavy atom. The molecule has 0 aliphatic carbocycles. The van der Waals surface area contributed by atoms with Crippen LogP contribution in [0.25, 0.3) is 0 Å². The van der Waals surface area contributed by atoms with Crippen molar-refractivity contribution in [2.45, 2.75) is 20.0 Å². The van der Waals surface area contributed by atoms with Gasteiger partial charge in [-0.25, -0.2) is 4.99 Å². The molecule has 0 spiro atoms. The van der Waals surface area contributed by atoms with Gasteiger partial charge in [0.05, 0.1) is 13.1 Å². The fraction of sp³-hybridized carbons (Fsp3) is 0.333. The summed E-state index contributed by atoms with van der Waals surface area (Å²) < 4.78 is 1.87. The van der Waals surface area contributed by atoms with Crippen molar-refractivity contribution in [3.05, 3.63) is 52.3 Å². The molecule has 0 aliphatic heterocycles. The molecule has 2 rings (SSSR count). The molecule has 5 nitrogen and oxygen atoms in total. The van der Waals surface area contributed by atoms with Crippen LogP contribution in [-0.2, 0) is 13.1 Å². The van der Waals surface area contributed by atoms with Crippen molar-refractivity contribution in [1.29, 1.82) is 0 Å². The minimum Gasteiger partial charge on any atom is -0.357 e. The average Bonchev–Trinajstić information content (AvgIpc) is 2.99. The summed E-state index contributed by atoms with van der Waals surface area (Å²) >= 11 is 12.0. The SMILES string of the molecule is CCNC(=NCc1ccc(Cl)cc1Cl)NCCn1cccn1.I. The normalized spacial score (nSPS) is 11.0. The summed E-state index contributed by atoms with van der Waals surface area (Å²) in [5.41, 5.74) is 0.940. The molecule has 0 radical (unpaired) electrons. The molecule has 2 N–H and O–H groups in total. The zero-order valence-electron chi connectivity index (χ0n) is 12.8. The minimum absolute atomic E-state index is 0. The predicted octanol–water partition coefficient (Wildman–Crippen LogP) is 3.56. The molecule has 0 fully saturated rings. The van der Waals surface area contributed by atoms with Gasteiger partial charge in [0.15, 0.2) is 5.96 Å². The van der Waals surface area contributed by atoms with Crippen LogP contribution in [0.4, 0.5) is 0 Å². The number of hydrogen-bond acceptors (Lipinski definition) is 2. The molecule has 0 saturated carbocycles. The van der Waals surface area contributed by atoms with E-state index in [2.05, 4.69) is 20.7 Å². The Kier molecular flexibility index (Phi) is 9.35. The summed E-state index contributed by atoms with van der Waals surface area (Å²) in [6.45, 7) is 4.83. The van der Waals surface area contributed by atoms with Crippen molar-refractivity contribution in [3.63, 3.8) is 0 Å². The van der Waals surface area contributed by atoms with Gasteiger partial charge in [-0.15, -0.1) is 24.0 Å². The van der Waals surface area contributed by atoms with Crippen molar-refractivity contribution >= 4 is 53.1 Å². The van der Waals surface area contributed by atoms with Crippen LogP contribution in [0.3, 0.4) is 0 Å². The second kappa shape index (κ2) is 10.7. The van der Waals surface area contributed by atoms with Gasteiger partial charge < -0.3 is 10.6 Å². The Labute approximate surface area is 163 Å². The van der Waals surface area contributed by atoms with E-state index in [1.54, 1.807) is 12.3 Å². The van der Waals surface area contributed by atoms with Crippen molar-refractivity contribution in [1.82, 2.24) is 20.4 Å². The fourth-order valence-corrected chi connectivity index (χ4v) is 2.35. The van der Waals surface area contributed by atoms with Crippen LogP contribution in [0.1, 0.15) is 12.5 Å². The summed E-state index contributed by atoms with van der Waals surface area (Å²) in [4.78, 5) is 4.53. The van der Waals surface area contributed by atoms with Gasteiger partial charge in [-0.1, -0.05) is 29.3 Å². The Bertz CT molecular complexity index is 616. The monoisotopic (exact) mass is 467 g/mol. The largest absolute Gasteiger partial charge is 0.357 e. The van der Waals surface area contributed by atoms with Gasteiger partial charge in [-0.2, -0.15) is 5.10 Å². The lowest BCUT2D eigenvalue weighted by Crippen LogP contribution is -2.38. The highest BCUT2D eigenvalue weighted by atomic mass is 127. The Hall–Kier alpha value is -0.990. The van der Waals surface area contributed by atoms with Crippen molar-refractivity contribution in [2.75, 3.05) is 13.1 Å². The minimum atomic E-state index is 0. The number of guanidine groups is 1. The van der Waals surface area contributed by atoms with Gasteiger partial charge in [-0.05, 0) is 30.7 Å². The van der Waals surface area contributed by atoms with Gasteiger partial charge in [0.1, 0.15) is 0 Å². The molecule has 1 heterocycles. The Morgan fingerprint density at radius 2 is 2.13 bits per heavy atom. The first-order valence-electron chi connectivity index (χ1n) is 7.12. The van der Waals surface area contributed by atoms with E-state index in [1.807, 2.05) is 36.0 Å². The highest BCUT2D eigenvalue weighted by Gasteiger charge is 2.02. The lowest BCUT2D eigenvalue weighted by Gasteiger charge is -2.11. The number of hydrogen-bond donors (Lipinski definition) is 2. The van der Waals surface area contributed by atoms with Crippen molar-refractivity contribution < 1.29 is 0 Å². The Morgan fingerprint density at radius 3 is 2.78 bits per heavy atom. The van der Waals surface area contributed by atoms with E-state index in [4.69, 9.17) is 23.2 Å². The summed E-state index contributed by atoms with van der Waals surface area (Å²) in [7, 11) is 0. The number of halogens is 3. The smallest absolute Gasteiger partial charge is 0.191 e. The van der Waals surface area contributed by atoms with Crippen LogP contribution >= 0.6 is 47.2 Å². The number of nitrogens with one attached hydrogen (secondary N) is 2. The van der Waals surface area contributed by atoms with Crippen LogP contribution in [0, 0.1) is 0 Å². The van der Waals surface area contributed by atoms with Gasteiger partial charge in [-0.3, -0.25) is 4.68 Å². The molecule has 0 bridgehead atoms. The molecular weight excluding hydrogens is 448 g/mol. The molecule has 23 heavy (non-hydrogen) atoms. The van der Waals surface area contributed by atoms with Crippen molar-refractivity contribution in [2.24, 2.45) is 4.99 Å². The van der Waals surface area contributed by atoms with Gasteiger partial charge in [0.2, 0.25) is 0 Å². The van der Waals surface area contributed by atoms with Crippen LogP contribution in [-0.4, -0.2) is 28.8 Å². The Balaban J connectivity index is 0.00000264. The van der Waals surface area contributed by atoms with Gasteiger partial charge >= 0.3 is 0 Å². The van der Waals surface area contributed by atoms with E-state index in [0.29, 0.717) is 16.6 Å². The molecule has 126 valence electrons. The quantitative estimate of drug-likeness (QED) is 0.388. The van der Waals surface area contributed by atoms with Crippen LogP contribution in [0.2, 0.25) is 10.0 Å². The lowest BCUT2D eigenvalue weighted by molar-refractivity contribution is 0.598. The molecule has 0 amide bonds. The molecule has 0 aliphatic rings. The first kappa shape index (κ1) is 20.1. The third kappa shape index (κ3) is 6.97. The molecule has 0 unspecified atom stereocenters. The number of aliphatic imine (C=N–C) groups is 1. The maximum absolute atomic E-state index is 6.16. The van der Waals surface area contributed by atoms with E-state index in [1.165, 1.54) is 0 Å². The third-order valence-electron chi connectivity index (χ3n) is 2.96. The zero-order valence-corrected chi connectivity index (χ0v) is 16.6. The molecule has 0 saturated heterocycles. The zero-order chi connectivity index (χ0) is 15.8. The molecular formula is C15H20Cl2IN5. The fourth-order valence-electron chi connectivity index (χ4n) is 1.88. The van der Waals surface area contributed by atoms with Crippen molar-refractivity contribution in [3.8, 4) is 0 Å². The van der Waals surface area contributed by atoms with Gasteiger partial charge in [0, 0.05) is 35.5 Å². The molecule has 2 aromatic rings. The summed E-state index contributed by atoms with van der Waals surface area (Å²) in [6.07, 6.45) is 3.70. The number of nitrogens with zero attached hydrogens (tertiary/aromatic N) is 3. The molecule has 1 aromatic heterocycles. The number of benzene rings is 1. The van der Waals surface area contributed by atoms with Crippen LogP contribution in [0.15, 0.2) is 41.7 Å². The van der Waals surface area contributed by atoms with E-state index in [-0.39, 0.29) is 24.0 Å². The molecule has 1 aromatic carbocycles. The second-order valence-electron chi connectivity index (χ2n) is 4.63. The summed E-state index contributed by atoms with van der Waals surface area (Å²) in [5, 5.41) is 11.9. The van der Waals surface area contributed by atoms with E-state index in [9.17, 15) is 0 Å². The van der Waals surface area contributed by atoms with E-state index < -0.39 is 0 Å². The first-order chi connectivity index (χ1) is 10.7. The highest BCUT2D eigenvalue weighted by molar-refractivity contribution is 14.0. The number of aromatic nitrogens is 2. The number of rotatable bonds is 6. The second-order valence-corrected chi connectivity index (χ2v) is 5.47. The topological polar surface area (TPSA) is 54.2 Å². The maximum atomic E-state index is 6.16. The molecule has 8 heteroatoms. The lowest BCUT2D eigenvalue weighted by atomic mass is 10.2. The van der Waals surface area contributed by atoms with E-state index in [0.717, 1.165) is 31.2 Å². The average molecular weight is 468 g/mol. The highest BCUT2D eigenvalue weighted by Crippen LogP contribution is 2.21. The van der Waals surface area contributed by atoms with Crippen LogP contribution < -0.4 is 10.6 Å². The third-order valence-corrected chi connectivity index (χ3v) is 3.55. The summed E-state index contributed by atoms with van der Waals surface area (Å²) in [5.74, 6) is 0.751. The van der Waals surface area contributed by atoms with Crippen LogP contribution in [0.5, 0.6) is 0 Å². The van der Waals surface area contributed by atoms with Gasteiger partial charge in [0.25, 0.3) is 0 Å².